The Morgan fingerprint density at radius 2 is 0.815 bits per heavy atom. The first kappa shape index (κ1) is 44.1. The van der Waals surface area contributed by atoms with Crippen LogP contribution in [0.1, 0.15) is 0 Å². The van der Waals surface area contributed by atoms with Gasteiger partial charge >= 0.3 is 0 Å². The molecule has 16 N–H and O–H groups in total. The summed E-state index contributed by atoms with van der Waals surface area (Å²) in [6.07, 6.45) is -43.9. The van der Waals surface area contributed by atoms with Gasteiger partial charge in [-0.25, -0.2) is 0 Å². The molecule has 0 amide bonds. The van der Waals surface area contributed by atoms with Crippen molar-refractivity contribution in [3.05, 3.63) is 0 Å². The number of aliphatic hydroxyl groups excluding tert-OH is 16. The average Bonchev–Trinajstić information content (AvgIpc) is 3.15. The van der Waals surface area contributed by atoms with Crippen LogP contribution < -0.4 is 0 Å². The van der Waals surface area contributed by atoms with Crippen molar-refractivity contribution >= 4 is 0 Å². The molecule has 0 spiro atoms. The molecule has 25 heteroatoms. The van der Waals surface area contributed by atoms with Gasteiger partial charge in [0, 0.05) is 0 Å². The van der Waals surface area contributed by atoms with Crippen molar-refractivity contribution in [2.24, 2.45) is 0 Å². The molecule has 0 unspecified atom stereocenters. The molecule has 0 aliphatic carbocycles. The lowest BCUT2D eigenvalue weighted by atomic mass is 9.96. The van der Waals surface area contributed by atoms with Crippen LogP contribution in [0.5, 0.6) is 0 Å². The Morgan fingerprint density at radius 1 is 0.389 bits per heavy atom. The third kappa shape index (κ3) is 9.00. The first-order valence-electron chi connectivity index (χ1n) is 17.0. The molecule has 0 bridgehead atoms. The van der Waals surface area contributed by atoms with E-state index in [0.717, 1.165) is 0 Å². The minimum Gasteiger partial charge on any atom is -0.394 e. The Hall–Kier alpha value is -1.00. The number of ether oxygens (including phenoxy) is 9. The Bertz CT molecular complexity index is 1160. The quantitative estimate of drug-likeness (QED) is 0.0871. The maximum Gasteiger partial charge on any atom is 0.187 e. The van der Waals surface area contributed by atoms with Crippen molar-refractivity contribution in [3.8, 4) is 0 Å². The second-order valence-corrected chi connectivity index (χ2v) is 13.5. The highest BCUT2D eigenvalue weighted by Crippen LogP contribution is 2.34. The van der Waals surface area contributed by atoms with Crippen LogP contribution in [-0.4, -0.2) is 262 Å². The van der Waals surface area contributed by atoms with Crippen LogP contribution in [0.4, 0.5) is 0 Å². The lowest BCUT2D eigenvalue weighted by molar-refractivity contribution is -0.385. The molecule has 316 valence electrons. The summed E-state index contributed by atoms with van der Waals surface area (Å²) in [6.45, 7) is -3.95. The average molecular weight is 799 g/mol. The van der Waals surface area contributed by atoms with Gasteiger partial charge in [-0.1, -0.05) is 0 Å². The van der Waals surface area contributed by atoms with Crippen LogP contribution in [0.15, 0.2) is 0 Å². The van der Waals surface area contributed by atoms with Gasteiger partial charge in [0.25, 0.3) is 0 Å². The summed E-state index contributed by atoms with van der Waals surface area (Å²) >= 11 is 0. The van der Waals surface area contributed by atoms with E-state index in [2.05, 4.69) is 0 Å². The van der Waals surface area contributed by atoms with Crippen LogP contribution >= 0.6 is 0 Å². The van der Waals surface area contributed by atoms with E-state index in [1.807, 2.05) is 0 Å². The minimum atomic E-state index is -2.13. The fourth-order valence-electron chi connectivity index (χ4n) is 6.63. The van der Waals surface area contributed by atoms with Crippen LogP contribution in [0.25, 0.3) is 0 Å². The van der Waals surface area contributed by atoms with E-state index in [0.29, 0.717) is 0 Å². The van der Waals surface area contributed by atoms with E-state index >= 15 is 0 Å². The van der Waals surface area contributed by atoms with Gasteiger partial charge < -0.3 is 124 Å². The van der Waals surface area contributed by atoms with E-state index in [4.69, 9.17) is 42.6 Å². The van der Waals surface area contributed by atoms with Gasteiger partial charge in [0.2, 0.25) is 0 Å². The molecule has 24 atom stereocenters. The zero-order valence-electron chi connectivity index (χ0n) is 28.2. The Balaban J connectivity index is 1.36. The summed E-state index contributed by atoms with van der Waals surface area (Å²) < 4.78 is 49.0. The van der Waals surface area contributed by atoms with Gasteiger partial charge in [0.05, 0.1) is 33.0 Å². The van der Waals surface area contributed by atoms with Crippen molar-refractivity contribution in [2.75, 3.05) is 33.0 Å². The molecule has 5 saturated heterocycles. The van der Waals surface area contributed by atoms with E-state index in [-0.39, 0.29) is 0 Å². The van der Waals surface area contributed by atoms with Gasteiger partial charge in [-0.2, -0.15) is 0 Å². The predicted molar refractivity (Wildman–Crippen MR) is 161 cm³/mol. The summed E-state index contributed by atoms with van der Waals surface area (Å²) in [5.74, 6) is 0. The van der Waals surface area contributed by atoms with E-state index in [1.165, 1.54) is 0 Å². The maximum atomic E-state index is 11.4. The Morgan fingerprint density at radius 3 is 1.41 bits per heavy atom. The fourth-order valence-corrected chi connectivity index (χ4v) is 6.63. The molecule has 5 fully saturated rings. The molecular formula is C29H50O25. The number of hydrogen-bond donors (Lipinski definition) is 16. The summed E-state index contributed by atoms with van der Waals surface area (Å²) in [5.41, 5.74) is 0. The molecule has 5 aliphatic rings. The third-order valence-corrected chi connectivity index (χ3v) is 9.91. The summed E-state index contributed by atoms with van der Waals surface area (Å²) in [6, 6.07) is 0. The smallest absolute Gasteiger partial charge is 0.187 e. The Labute approximate surface area is 305 Å². The molecule has 5 aliphatic heterocycles. The molecule has 5 rings (SSSR count). The van der Waals surface area contributed by atoms with E-state index < -0.39 is 180 Å². The standard InChI is InChI=1S/C29H50O25/c30-1-7-12(35)16(39)18(41)28(50-7)54-24-15(38)10(51-29(21(24)44)53-22-13(36)8(2-31)48-25(45)19(22)42)5-47-27-20(43)23(14(37)9(3-32)49-27)52-26-17(40)11(34)6(33)4-46-26/h6-45H,1-5H2/t6-,7+,8+,9+,10+,11-,12-,13-,14-,15-,16-,17+,18+,19+,20+,21+,22-,23-,24-,25+,26-,27+,28-,29-/m0/s1. The number of rotatable bonds is 12. The first-order valence-corrected chi connectivity index (χ1v) is 17.0. The minimum absolute atomic E-state index is 0.498. The molecule has 0 aromatic rings. The lowest BCUT2D eigenvalue weighted by Gasteiger charge is -2.48. The zero-order valence-corrected chi connectivity index (χ0v) is 28.2. The van der Waals surface area contributed by atoms with Gasteiger partial charge in [0.1, 0.15) is 116 Å². The second-order valence-electron chi connectivity index (χ2n) is 13.5. The highest BCUT2D eigenvalue weighted by Gasteiger charge is 2.55. The van der Waals surface area contributed by atoms with Crippen molar-refractivity contribution in [1.29, 1.82) is 0 Å². The molecule has 25 nitrogen and oxygen atoms in total. The molecule has 0 aromatic carbocycles. The van der Waals surface area contributed by atoms with Gasteiger partial charge in [-0.05, 0) is 0 Å². The monoisotopic (exact) mass is 798 g/mol. The topological polar surface area (TPSA) is 407 Å². The highest BCUT2D eigenvalue weighted by atomic mass is 16.8. The van der Waals surface area contributed by atoms with Crippen molar-refractivity contribution in [2.45, 2.75) is 147 Å². The van der Waals surface area contributed by atoms with Crippen molar-refractivity contribution < 1.29 is 124 Å². The molecule has 0 radical (unpaired) electrons. The summed E-state index contributed by atoms with van der Waals surface area (Å²) in [4.78, 5) is 0. The lowest BCUT2D eigenvalue weighted by Crippen LogP contribution is -2.67. The van der Waals surface area contributed by atoms with Gasteiger partial charge in [0.15, 0.2) is 31.5 Å². The number of hydrogen-bond acceptors (Lipinski definition) is 25. The molecule has 0 aromatic heterocycles. The molecular weight excluding hydrogens is 748 g/mol. The van der Waals surface area contributed by atoms with Gasteiger partial charge in [-0.3, -0.25) is 0 Å². The van der Waals surface area contributed by atoms with Crippen LogP contribution in [-0.2, 0) is 42.6 Å². The molecule has 54 heavy (non-hydrogen) atoms. The molecule has 0 saturated carbocycles. The maximum absolute atomic E-state index is 11.4. The largest absolute Gasteiger partial charge is 0.394 e. The first-order chi connectivity index (χ1) is 25.5. The normalized spacial score (nSPS) is 53.3. The Kier molecular flexibility index (Phi) is 15.3. The zero-order chi connectivity index (χ0) is 39.8. The van der Waals surface area contributed by atoms with Crippen LogP contribution in [0.3, 0.4) is 0 Å². The van der Waals surface area contributed by atoms with Gasteiger partial charge in [-0.15, -0.1) is 0 Å². The fraction of sp³-hybridized carbons (Fsp3) is 1.00. The van der Waals surface area contributed by atoms with E-state index in [9.17, 15) is 81.7 Å². The SMILES string of the molecule is OC[C@H]1O[C@@H](O[C@H]2[C@@H](O)[C@@H](CO[C@@H]3O[C@H](CO)[C@H](O)[C@H](O[C@@H]4OC[C@H](O)[C@H](O)[C@H]4O)[C@H]3O)O[C@@H](O[C@@H]3[C@@H](O)[C@H](O)O[C@H](CO)[C@@H]3O)[C@@H]2O)[C@H](O)[C@@H](O)[C@H]1O. The van der Waals surface area contributed by atoms with Crippen molar-refractivity contribution in [3.63, 3.8) is 0 Å². The molecule has 5 heterocycles. The number of aliphatic hydroxyl groups is 16. The van der Waals surface area contributed by atoms with Crippen molar-refractivity contribution in [1.82, 2.24) is 0 Å². The van der Waals surface area contributed by atoms with Crippen LogP contribution in [0, 0.1) is 0 Å². The van der Waals surface area contributed by atoms with E-state index in [1.54, 1.807) is 0 Å². The highest BCUT2D eigenvalue weighted by molar-refractivity contribution is 4.97. The second kappa shape index (κ2) is 18.7. The third-order valence-electron chi connectivity index (χ3n) is 9.91. The predicted octanol–water partition coefficient (Wildman–Crippen LogP) is -11.3. The summed E-state index contributed by atoms with van der Waals surface area (Å²) in [5, 5.41) is 166. The van der Waals surface area contributed by atoms with Crippen LogP contribution in [0.2, 0.25) is 0 Å². The summed E-state index contributed by atoms with van der Waals surface area (Å²) in [7, 11) is 0.